The molecule has 0 amide bonds. The zero-order valence-electron chi connectivity index (χ0n) is 13.4. The SMILES string of the molecule is Cc1nc(C2CC(N3CCN(C)CC3)C2)n2ccnc(N)c12. The number of fused-ring (bicyclic) bond motifs is 1. The highest BCUT2D eigenvalue weighted by molar-refractivity contribution is 5.68. The minimum absolute atomic E-state index is 0.549. The van der Waals surface area contributed by atoms with E-state index in [1.165, 1.54) is 39.0 Å². The molecule has 2 aliphatic rings. The molecule has 2 aromatic heterocycles. The van der Waals surface area contributed by atoms with E-state index >= 15 is 0 Å². The molecule has 1 aliphatic heterocycles. The van der Waals surface area contributed by atoms with Crippen LogP contribution in [0.4, 0.5) is 5.82 Å². The lowest BCUT2D eigenvalue weighted by molar-refractivity contribution is 0.0586. The number of nitrogens with zero attached hydrogens (tertiary/aromatic N) is 5. The first-order chi connectivity index (χ1) is 10.6. The number of hydrogen-bond acceptors (Lipinski definition) is 5. The average molecular weight is 300 g/mol. The lowest BCUT2D eigenvalue weighted by Gasteiger charge is -2.45. The fraction of sp³-hybridized carbons (Fsp3) is 0.625. The summed E-state index contributed by atoms with van der Waals surface area (Å²) in [6.45, 7) is 6.80. The van der Waals surface area contributed by atoms with Gasteiger partial charge < -0.3 is 10.6 Å². The molecule has 2 aromatic rings. The number of anilines is 1. The lowest BCUT2D eigenvalue weighted by atomic mass is 9.78. The van der Waals surface area contributed by atoms with E-state index < -0.39 is 0 Å². The van der Waals surface area contributed by atoms with Crippen LogP contribution in [0.25, 0.3) is 5.52 Å². The van der Waals surface area contributed by atoms with E-state index in [1.54, 1.807) is 6.20 Å². The normalized spacial score (nSPS) is 27.2. The van der Waals surface area contributed by atoms with Crippen molar-refractivity contribution in [2.24, 2.45) is 0 Å². The van der Waals surface area contributed by atoms with Crippen LogP contribution >= 0.6 is 0 Å². The van der Waals surface area contributed by atoms with Crippen molar-refractivity contribution in [1.82, 2.24) is 24.2 Å². The Hall–Kier alpha value is -1.66. The maximum Gasteiger partial charge on any atom is 0.149 e. The third-order valence-corrected chi connectivity index (χ3v) is 5.32. The first-order valence-electron chi connectivity index (χ1n) is 8.15. The van der Waals surface area contributed by atoms with Crippen molar-refractivity contribution in [2.45, 2.75) is 31.7 Å². The van der Waals surface area contributed by atoms with Gasteiger partial charge in [-0.05, 0) is 26.8 Å². The molecule has 1 aliphatic carbocycles. The van der Waals surface area contributed by atoms with Gasteiger partial charge >= 0.3 is 0 Å². The number of nitrogens with two attached hydrogens (primary N) is 1. The van der Waals surface area contributed by atoms with Crippen molar-refractivity contribution in [3.63, 3.8) is 0 Å². The Morgan fingerprint density at radius 2 is 1.91 bits per heavy atom. The summed E-state index contributed by atoms with van der Waals surface area (Å²) < 4.78 is 2.14. The van der Waals surface area contributed by atoms with E-state index in [9.17, 15) is 0 Å². The molecular formula is C16H24N6. The highest BCUT2D eigenvalue weighted by Crippen LogP contribution is 2.40. The van der Waals surface area contributed by atoms with E-state index in [-0.39, 0.29) is 0 Å². The molecule has 4 rings (SSSR count). The summed E-state index contributed by atoms with van der Waals surface area (Å²) in [5, 5.41) is 0. The molecule has 0 radical (unpaired) electrons. The van der Waals surface area contributed by atoms with Crippen LogP contribution in [0.1, 0.15) is 30.3 Å². The summed E-state index contributed by atoms with van der Waals surface area (Å²) >= 11 is 0. The Morgan fingerprint density at radius 3 is 2.64 bits per heavy atom. The summed E-state index contributed by atoms with van der Waals surface area (Å²) in [5.41, 5.74) is 7.96. The molecular weight excluding hydrogens is 276 g/mol. The summed E-state index contributed by atoms with van der Waals surface area (Å²) in [6.07, 6.45) is 6.18. The molecule has 1 saturated heterocycles. The van der Waals surface area contributed by atoms with Crippen LogP contribution < -0.4 is 5.73 Å². The van der Waals surface area contributed by atoms with Gasteiger partial charge in [0.05, 0.1) is 5.69 Å². The summed E-state index contributed by atoms with van der Waals surface area (Å²) in [4.78, 5) is 14.0. The molecule has 2 N–H and O–H groups in total. The van der Waals surface area contributed by atoms with Gasteiger partial charge in [-0.25, -0.2) is 9.97 Å². The van der Waals surface area contributed by atoms with E-state index in [0.29, 0.717) is 11.7 Å². The largest absolute Gasteiger partial charge is 0.382 e. The highest BCUT2D eigenvalue weighted by atomic mass is 15.3. The zero-order chi connectivity index (χ0) is 15.3. The number of aryl methyl sites for hydroxylation is 1. The number of rotatable bonds is 2. The number of aromatic nitrogens is 3. The summed E-state index contributed by atoms with van der Waals surface area (Å²) in [6, 6.07) is 0.727. The lowest BCUT2D eigenvalue weighted by Crippen LogP contribution is -2.52. The first-order valence-corrected chi connectivity index (χ1v) is 8.15. The maximum absolute atomic E-state index is 6.00. The van der Waals surface area contributed by atoms with Gasteiger partial charge in [0.1, 0.15) is 17.2 Å². The standard InChI is InChI=1S/C16H24N6/c1-11-14-15(17)18-3-4-22(14)16(19-11)12-9-13(10-12)21-7-5-20(2)6-8-21/h3-4,12-13H,5-10H2,1-2H3,(H2,17,18). The fourth-order valence-electron chi connectivity index (χ4n) is 3.84. The van der Waals surface area contributed by atoms with Gasteiger partial charge in [0.2, 0.25) is 0 Å². The molecule has 0 atom stereocenters. The monoisotopic (exact) mass is 300 g/mol. The van der Waals surface area contributed by atoms with Crippen LogP contribution in [0.15, 0.2) is 12.4 Å². The first kappa shape index (κ1) is 14.0. The summed E-state index contributed by atoms with van der Waals surface area (Å²) in [5.74, 6) is 2.29. The Balaban J connectivity index is 1.50. The number of nitrogen functional groups attached to an aromatic ring is 1. The number of imidazole rings is 1. The Labute approximate surface area is 130 Å². The molecule has 1 saturated carbocycles. The van der Waals surface area contributed by atoms with Crippen molar-refractivity contribution in [3.05, 3.63) is 23.9 Å². The van der Waals surface area contributed by atoms with Crippen molar-refractivity contribution >= 4 is 11.3 Å². The van der Waals surface area contributed by atoms with Crippen LogP contribution in [-0.4, -0.2) is 63.4 Å². The number of piperazine rings is 1. The summed E-state index contributed by atoms with van der Waals surface area (Å²) in [7, 11) is 2.21. The van der Waals surface area contributed by atoms with Crippen LogP contribution in [0.5, 0.6) is 0 Å². The Morgan fingerprint density at radius 1 is 1.18 bits per heavy atom. The van der Waals surface area contributed by atoms with Gasteiger partial charge in [-0.15, -0.1) is 0 Å². The molecule has 6 heteroatoms. The molecule has 0 bridgehead atoms. The topological polar surface area (TPSA) is 62.7 Å². The van der Waals surface area contributed by atoms with Crippen LogP contribution in [0.2, 0.25) is 0 Å². The van der Waals surface area contributed by atoms with Gasteiger partial charge in [-0.2, -0.15) is 0 Å². The smallest absolute Gasteiger partial charge is 0.149 e. The number of likely N-dealkylation sites (N-methyl/N-ethyl adjacent to an activating group) is 1. The second-order valence-electron chi connectivity index (χ2n) is 6.75. The van der Waals surface area contributed by atoms with Crippen LogP contribution in [-0.2, 0) is 0 Å². The van der Waals surface area contributed by atoms with Gasteiger partial charge in [0, 0.05) is 50.5 Å². The minimum atomic E-state index is 0.549. The van der Waals surface area contributed by atoms with Crippen LogP contribution in [0.3, 0.4) is 0 Å². The quantitative estimate of drug-likeness (QED) is 0.900. The average Bonchev–Trinajstić information content (AvgIpc) is 2.78. The molecule has 0 aromatic carbocycles. The van der Waals surface area contributed by atoms with E-state index in [4.69, 9.17) is 10.7 Å². The second-order valence-corrected chi connectivity index (χ2v) is 6.75. The zero-order valence-corrected chi connectivity index (χ0v) is 13.4. The van der Waals surface area contributed by atoms with Crippen molar-refractivity contribution in [3.8, 4) is 0 Å². The second kappa shape index (κ2) is 5.21. The van der Waals surface area contributed by atoms with Gasteiger partial charge in [-0.1, -0.05) is 0 Å². The fourth-order valence-corrected chi connectivity index (χ4v) is 3.84. The molecule has 3 heterocycles. The Bertz CT molecular complexity index is 679. The molecule has 118 valence electrons. The maximum atomic E-state index is 6.00. The van der Waals surface area contributed by atoms with Gasteiger partial charge in [-0.3, -0.25) is 9.30 Å². The minimum Gasteiger partial charge on any atom is -0.382 e. The predicted octanol–water partition coefficient (Wildman–Crippen LogP) is 1.11. The van der Waals surface area contributed by atoms with Crippen molar-refractivity contribution in [1.29, 1.82) is 0 Å². The van der Waals surface area contributed by atoms with Crippen molar-refractivity contribution < 1.29 is 0 Å². The third-order valence-electron chi connectivity index (χ3n) is 5.32. The van der Waals surface area contributed by atoms with E-state index in [0.717, 1.165) is 23.1 Å². The highest BCUT2D eigenvalue weighted by Gasteiger charge is 2.37. The molecule has 22 heavy (non-hydrogen) atoms. The van der Waals surface area contributed by atoms with E-state index in [2.05, 4.69) is 26.2 Å². The predicted molar refractivity (Wildman–Crippen MR) is 87.0 cm³/mol. The molecule has 6 nitrogen and oxygen atoms in total. The van der Waals surface area contributed by atoms with E-state index in [1.807, 2.05) is 13.1 Å². The third kappa shape index (κ3) is 2.18. The van der Waals surface area contributed by atoms with Crippen LogP contribution in [0, 0.1) is 6.92 Å². The molecule has 0 spiro atoms. The van der Waals surface area contributed by atoms with Crippen molar-refractivity contribution in [2.75, 3.05) is 39.0 Å². The molecule has 0 unspecified atom stereocenters. The van der Waals surface area contributed by atoms with Gasteiger partial charge in [0.25, 0.3) is 0 Å². The van der Waals surface area contributed by atoms with Gasteiger partial charge in [0.15, 0.2) is 0 Å². The Kier molecular flexibility index (Phi) is 3.31. The molecule has 2 fully saturated rings. The number of hydrogen-bond donors (Lipinski definition) is 1.